The van der Waals surface area contributed by atoms with Crippen LogP contribution in [0.3, 0.4) is 0 Å². The van der Waals surface area contributed by atoms with E-state index >= 15 is 0 Å². The lowest BCUT2D eigenvalue weighted by Crippen LogP contribution is -2.31. The zero-order valence-electron chi connectivity index (χ0n) is 17.9. The van der Waals surface area contributed by atoms with Crippen LogP contribution in [0.4, 0.5) is 11.4 Å². The Morgan fingerprint density at radius 3 is 2.06 bits per heavy atom. The fraction of sp³-hybridized carbons (Fsp3) is 0.217. The summed E-state index contributed by atoms with van der Waals surface area (Å²) in [5.41, 5.74) is 3.83. The first-order valence-electron chi connectivity index (χ1n) is 10.1. The van der Waals surface area contributed by atoms with Crippen molar-refractivity contribution in [3.8, 4) is 0 Å². The summed E-state index contributed by atoms with van der Waals surface area (Å²) in [5.74, 6) is 0. The van der Waals surface area contributed by atoms with Gasteiger partial charge in [0.15, 0.2) is 0 Å². The van der Waals surface area contributed by atoms with Crippen LogP contribution >= 0.6 is 0 Å². The molecule has 0 radical (unpaired) electrons. The van der Waals surface area contributed by atoms with Crippen molar-refractivity contribution in [2.45, 2.75) is 22.8 Å². The van der Waals surface area contributed by atoms with Crippen LogP contribution in [0.2, 0.25) is 0 Å². The number of hydrogen-bond acceptors (Lipinski definition) is 5. The van der Waals surface area contributed by atoms with Gasteiger partial charge >= 0.3 is 0 Å². The van der Waals surface area contributed by atoms with Crippen molar-refractivity contribution in [3.63, 3.8) is 0 Å². The Morgan fingerprint density at radius 2 is 1.38 bits per heavy atom. The number of hydrogen-bond donors (Lipinski definition) is 1. The van der Waals surface area contributed by atoms with E-state index in [1.165, 1.54) is 49.5 Å². The van der Waals surface area contributed by atoms with Crippen molar-refractivity contribution in [2.24, 2.45) is 0 Å². The maximum atomic E-state index is 13.0. The van der Waals surface area contributed by atoms with E-state index in [1.54, 1.807) is 12.1 Å². The molecule has 0 spiro atoms. The van der Waals surface area contributed by atoms with Gasteiger partial charge < -0.3 is 4.90 Å². The number of rotatable bonds is 6. The first kappa shape index (κ1) is 22.3. The second kappa shape index (κ2) is 8.57. The fourth-order valence-electron chi connectivity index (χ4n) is 3.74. The predicted molar refractivity (Wildman–Crippen MR) is 126 cm³/mol. The minimum Gasteiger partial charge on any atom is -0.365 e. The zero-order chi connectivity index (χ0) is 22.9. The van der Waals surface area contributed by atoms with Gasteiger partial charge in [0.1, 0.15) is 0 Å². The topological polar surface area (TPSA) is 86.8 Å². The molecule has 3 aromatic rings. The summed E-state index contributed by atoms with van der Waals surface area (Å²) >= 11 is 0. The van der Waals surface area contributed by atoms with Crippen LogP contribution in [0.15, 0.2) is 82.6 Å². The maximum Gasteiger partial charge on any atom is 0.261 e. The highest BCUT2D eigenvalue weighted by molar-refractivity contribution is 7.92. The number of para-hydroxylation sites is 2. The number of benzene rings is 3. The molecule has 0 bridgehead atoms. The van der Waals surface area contributed by atoms with Crippen LogP contribution < -0.4 is 9.62 Å². The molecule has 0 aromatic heterocycles. The highest BCUT2D eigenvalue weighted by Gasteiger charge is 2.23. The van der Waals surface area contributed by atoms with E-state index in [4.69, 9.17) is 0 Å². The Kier molecular flexibility index (Phi) is 5.98. The van der Waals surface area contributed by atoms with Crippen molar-refractivity contribution in [2.75, 3.05) is 30.3 Å². The second-order valence-corrected chi connectivity index (χ2v) is 11.7. The Bertz CT molecular complexity index is 1340. The molecule has 0 saturated carbocycles. The molecule has 0 aliphatic carbocycles. The molecule has 0 unspecified atom stereocenters. The third-order valence-corrected chi connectivity index (χ3v) is 8.74. The van der Waals surface area contributed by atoms with Gasteiger partial charge in [-0.1, -0.05) is 36.4 Å². The van der Waals surface area contributed by atoms with Crippen LogP contribution in [-0.2, 0) is 33.0 Å². The number of sulfonamides is 2. The zero-order valence-corrected chi connectivity index (χ0v) is 19.5. The standard InChI is InChI=1S/C23H25N3O4S2/c1-25(2)32(29,30)21-13-11-20(12-14-21)31(27,28)24-22-9-5-6-10-23(22)26-16-15-18-7-3-4-8-19(18)17-26/h3-14,24H,15-17H2,1-2H3. The van der Waals surface area contributed by atoms with Crippen molar-refractivity contribution in [1.82, 2.24) is 4.31 Å². The van der Waals surface area contributed by atoms with Gasteiger partial charge in [-0.05, 0) is 53.9 Å². The molecule has 0 amide bonds. The number of nitrogens with one attached hydrogen (secondary N) is 1. The van der Waals surface area contributed by atoms with Gasteiger partial charge in [-0.15, -0.1) is 0 Å². The van der Waals surface area contributed by atoms with E-state index in [1.807, 2.05) is 24.3 Å². The van der Waals surface area contributed by atoms with Crippen LogP contribution in [0.25, 0.3) is 0 Å². The molecule has 9 heteroatoms. The second-order valence-electron chi connectivity index (χ2n) is 7.82. The molecule has 1 aliphatic rings. The highest BCUT2D eigenvalue weighted by atomic mass is 32.2. The number of anilines is 2. The molecular weight excluding hydrogens is 446 g/mol. The van der Waals surface area contributed by atoms with Crippen LogP contribution in [0.1, 0.15) is 11.1 Å². The molecule has 4 rings (SSSR count). The lowest BCUT2D eigenvalue weighted by atomic mass is 9.99. The fourth-order valence-corrected chi connectivity index (χ4v) is 5.72. The largest absolute Gasteiger partial charge is 0.365 e. The van der Waals surface area contributed by atoms with E-state index < -0.39 is 20.0 Å². The Balaban J connectivity index is 1.60. The lowest BCUT2D eigenvalue weighted by Gasteiger charge is -2.32. The van der Waals surface area contributed by atoms with Crippen LogP contribution in [0, 0.1) is 0 Å². The summed E-state index contributed by atoms with van der Waals surface area (Å²) in [6, 6.07) is 20.8. The average Bonchev–Trinajstić information content (AvgIpc) is 2.79. The molecule has 1 heterocycles. The normalized spacial score (nSPS) is 14.3. The predicted octanol–water partition coefficient (Wildman–Crippen LogP) is 3.30. The molecule has 1 aliphatic heterocycles. The van der Waals surface area contributed by atoms with Gasteiger partial charge in [0.25, 0.3) is 10.0 Å². The van der Waals surface area contributed by atoms with Crippen molar-refractivity contribution < 1.29 is 16.8 Å². The average molecular weight is 472 g/mol. The van der Waals surface area contributed by atoms with Gasteiger partial charge in [0, 0.05) is 27.2 Å². The molecule has 0 saturated heterocycles. The van der Waals surface area contributed by atoms with Crippen LogP contribution in [-0.4, -0.2) is 41.8 Å². The summed E-state index contributed by atoms with van der Waals surface area (Å²) in [6.45, 7) is 1.48. The van der Waals surface area contributed by atoms with Crippen molar-refractivity contribution in [1.29, 1.82) is 0 Å². The SMILES string of the molecule is CN(C)S(=O)(=O)c1ccc(S(=O)(=O)Nc2ccccc2N2CCc3ccccc3C2)cc1. The molecular formula is C23H25N3O4S2. The summed E-state index contributed by atoms with van der Waals surface area (Å²) in [7, 11) is -4.68. The number of nitrogens with zero attached hydrogens (tertiary/aromatic N) is 2. The highest BCUT2D eigenvalue weighted by Crippen LogP contribution is 2.32. The van der Waals surface area contributed by atoms with E-state index in [-0.39, 0.29) is 9.79 Å². The van der Waals surface area contributed by atoms with E-state index in [0.717, 1.165) is 23.0 Å². The summed E-state index contributed by atoms with van der Waals surface area (Å²) < 4.78 is 54.3. The smallest absolute Gasteiger partial charge is 0.261 e. The summed E-state index contributed by atoms with van der Waals surface area (Å²) in [5, 5.41) is 0. The third kappa shape index (κ3) is 4.36. The first-order valence-corrected chi connectivity index (χ1v) is 13.1. The molecule has 0 atom stereocenters. The number of fused-ring (bicyclic) bond motifs is 1. The van der Waals surface area contributed by atoms with E-state index in [2.05, 4.69) is 21.8 Å². The molecule has 3 aromatic carbocycles. The monoisotopic (exact) mass is 471 g/mol. The van der Waals surface area contributed by atoms with Gasteiger partial charge in [0.05, 0.1) is 21.2 Å². The van der Waals surface area contributed by atoms with Crippen molar-refractivity contribution >= 4 is 31.4 Å². The Labute approximate surface area is 189 Å². The summed E-state index contributed by atoms with van der Waals surface area (Å²) in [6.07, 6.45) is 0.888. The molecule has 1 N–H and O–H groups in total. The minimum atomic E-state index is -3.90. The molecule has 7 nitrogen and oxygen atoms in total. The minimum absolute atomic E-state index is 0.00556. The van der Waals surface area contributed by atoms with E-state index in [9.17, 15) is 16.8 Å². The van der Waals surface area contributed by atoms with E-state index in [0.29, 0.717) is 12.2 Å². The third-order valence-electron chi connectivity index (χ3n) is 5.53. The molecule has 168 valence electrons. The van der Waals surface area contributed by atoms with Gasteiger partial charge in [-0.25, -0.2) is 21.1 Å². The van der Waals surface area contributed by atoms with Crippen LogP contribution in [0.5, 0.6) is 0 Å². The lowest BCUT2D eigenvalue weighted by molar-refractivity contribution is 0.520. The van der Waals surface area contributed by atoms with Gasteiger partial charge in [0.2, 0.25) is 10.0 Å². The van der Waals surface area contributed by atoms with Gasteiger partial charge in [-0.3, -0.25) is 4.72 Å². The van der Waals surface area contributed by atoms with Gasteiger partial charge in [-0.2, -0.15) is 0 Å². The summed E-state index contributed by atoms with van der Waals surface area (Å²) in [4.78, 5) is 2.19. The Hall–Kier alpha value is -2.88. The maximum absolute atomic E-state index is 13.0. The molecule has 0 fully saturated rings. The quantitative estimate of drug-likeness (QED) is 0.596. The Morgan fingerprint density at radius 1 is 0.781 bits per heavy atom. The molecule has 32 heavy (non-hydrogen) atoms. The van der Waals surface area contributed by atoms with Crippen molar-refractivity contribution in [3.05, 3.63) is 83.9 Å². The first-order chi connectivity index (χ1) is 15.2.